The van der Waals surface area contributed by atoms with Gasteiger partial charge in [0.2, 0.25) is 0 Å². The highest BCUT2D eigenvalue weighted by Crippen LogP contribution is 2.55. The summed E-state index contributed by atoms with van der Waals surface area (Å²) in [6, 6.07) is 7.49. The summed E-state index contributed by atoms with van der Waals surface area (Å²) in [5.41, 5.74) is 4.59. The van der Waals surface area contributed by atoms with Crippen LogP contribution in [-0.2, 0) is 10.3 Å². The molecule has 0 radical (unpaired) electrons. The van der Waals surface area contributed by atoms with Crippen molar-refractivity contribution in [1.82, 2.24) is 5.32 Å². The molecule has 1 aromatic rings. The van der Waals surface area contributed by atoms with Crippen LogP contribution in [0.25, 0.3) is 0 Å². The van der Waals surface area contributed by atoms with Crippen LogP contribution in [0.1, 0.15) is 54.3 Å². The van der Waals surface area contributed by atoms with E-state index in [4.69, 9.17) is 4.74 Å². The van der Waals surface area contributed by atoms with Gasteiger partial charge < -0.3 is 10.1 Å². The Morgan fingerprint density at radius 3 is 2.76 bits per heavy atom. The van der Waals surface area contributed by atoms with Gasteiger partial charge in [-0.3, -0.25) is 0 Å². The number of likely N-dealkylation sites (N-methyl/N-ethyl adjacent to an activating group) is 1. The van der Waals surface area contributed by atoms with Gasteiger partial charge in [-0.15, -0.1) is 0 Å². The maximum Gasteiger partial charge on any atom is 0.0938 e. The Kier molecular flexibility index (Phi) is 1.98. The second kappa shape index (κ2) is 3.33. The van der Waals surface area contributed by atoms with Crippen LogP contribution in [0.5, 0.6) is 0 Å². The van der Waals surface area contributed by atoms with Crippen LogP contribution in [0.2, 0.25) is 0 Å². The van der Waals surface area contributed by atoms with Crippen LogP contribution >= 0.6 is 0 Å². The third-order valence-corrected chi connectivity index (χ3v) is 4.57. The van der Waals surface area contributed by atoms with Gasteiger partial charge in [0.25, 0.3) is 0 Å². The van der Waals surface area contributed by atoms with E-state index in [9.17, 15) is 0 Å². The number of hydrogen-bond donors (Lipinski definition) is 1. The minimum absolute atomic E-state index is 0.105. The van der Waals surface area contributed by atoms with Crippen molar-refractivity contribution >= 4 is 0 Å². The largest absolute Gasteiger partial charge is 0.368 e. The van der Waals surface area contributed by atoms with Gasteiger partial charge in [0.1, 0.15) is 0 Å². The molecule has 2 fully saturated rings. The van der Waals surface area contributed by atoms with Gasteiger partial charge in [-0.25, -0.2) is 0 Å². The molecule has 2 saturated carbocycles. The van der Waals surface area contributed by atoms with E-state index >= 15 is 0 Å². The molecule has 1 N–H and O–H groups in total. The number of nitrogens with one attached hydrogen (secondary N) is 1. The van der Waals surface area contributed by atoms with Crippen molar-refractivity contribution in [3.63, 3.8) is 0 Å². The molecule has 0 unspecified atom stereocenters. The average molecular weight is 229 g/mol. The van der Waals surface area contributed by atoms with Gasteiger partial charge in [-0.1, -0.05) is 18.2 Å². The molecule has 2 heteroatoms. The average Bonchev–Trinajstić information content (AvgIpc) is 3.25. The number of ether oxygens (including phenoxy) is 1. The van der Waals surface area contributed by atoms with Gasteiger partial charge in [0.15, 0.2) is 0 Å². The molecule has 2 nitrogen and oxygen atoms in total. The van der Waals surface area contributed by atoms with Crippen molar-refractivity contribution in [2.75, 3.05) is 13.7 Å². The molecule has 4 rings (SSSR count). The second-order valence-corrected chi connectivity index (χ2v) is 5.77. The molecule has 17 heavy (non-hydrogen) atoms. The van der Waals surface area contributed by atoms with Crippen molar-refractivity contribution in [3.8, 4) is 0 Å². The Bertz CT molecular complexity index is 460. The van der Waals surface area contributed by atoms with Crippen molar-refractivity contribution < 1.29 is 4.74 Å². The Hall–Kier alpha value is -0.860. The first kappa shape index (κ1) is 10.1. The van der Waals surface area contributed by atoms with Gasteiger partial charge in [-0.2, -0.15) is 0 Å². The first-order valence-corrected chi connectivity index (χ1v) is 6.78. The molecule has 1 heterocycles. The fourth-order valence-corrected chi connectivity index (χ4v) is 3.12. The maximum atomic E-state index is 6.10. The molecule has 1 atom stereocenters. The van der Waals surface area contributed by atoms with Crippen molar-refractivity contribution in [3.05, 3.63) is 34.9 Å². The number of benzene rings is 1. The van der Waals surface area contributed by atoms with Crippen molar-refractivity contribution in [2.24, 2.45) is 0 Å². The highest BCUT2D eigenvalue weighted by Gasteiger charge is 2.50. The number of hydrogen-bond acceptors (Lipinski definition) is 2. The quantitative estimate of drug-likeness (QED) is 0.842. The van der Waals surface area contributed by atoms with Crippen LogP contribution in [0.3, 0.4) is 0 Å². The van der Waals surface area contributed by atoms with E-state index in [1.54, 1.807) is 0 Å². The molecule has 1 spiro atoms. The fraction of sp³-hybridized carbons (Fsp3) is 0.600. The Morgan fingerprint density at radius 2 is 2.12 bits per heavy atom. The molecule has 90 valence electrons. The van der Waals surface area contributed by atoms with E-state index < -0.39 is 0 Å². The summed E-state index contributed by atoms with van der Waals surface area (Å²) in [4.78, 5) is 0. The van der Waals surface area contributed by atoms with Crippen LogP contribution in [-0.4, -0.2) is 13.7 Å². The van der Waals surface area contributed by atoms with Crippen LogP contribution in [0.4, 0.5) is 0 Å². The summed E-state index contributed by atoms with van der Waals surface area (Å²) < 4.78 is 6.10. The summed E-state index contributed by atoms with van der Waals surface area (Å²) in [6.45, 7) is 0.826. The summed E-state index contributed by atoms with van der Waals surface area (Å²) in [7, 11) is 2.03. The Labute approximate surface area is 102 Å². The van der Waals surface area contributed by atoms with Crippen molar-refractivity contribution in [2.45, 2.75) is 43.2 Å². The third-order valence-electron chi connectivity index (χ3n) is 4.57. The first-order valence-electron chi connectivity index (χ1n) is 6.78. The van der Waals surface area contributed by atoms with Crippen molar-refractivity contribution in [1.29, 1.82) is 0 Å². The Morgan fingerprint density at radius 1 is 1.29 bits per heavy atom. The molecule has 0 bridgehead atoms. The summed E-state index contributed by atoms with van der Waals surface area (Å²) in [5, 5.41) is 3.36. The van der Waals surface area contributed by atoms with E-state index in [0.717, 1.165) is 12.5 Å². The minimum atomic E-state index is 0.105. The topological polar surface area (TPSA) is 21.3 Å². The zero-order chi connectivity index (χ0) is 11.5. The van der Waals surface area contributed by atoms with Crippen LogP contribution < -0.4 is 5.32 Å². The maximum absolute atomic E-state index is 6.10. The zero-order valence-corrected chi connectivity index (χ0v) is 10.3. The number of rotatable bonds is 2. The normalized spacial score (nSPS) is 29.1. The minimum Gasteiger partial charge on any atom is -0.368 e. The lowest BCUT2D eigenvalue weighted by Crippen LogP contribution is -2.32. The highest BCUT2D eigenvalue weighted by molar-refractivity contribution is 5.44. The fourth-order valence-electron chi connectivity index (χ4n) is 3.12. The zero-order valence-electron chi connectivity index (χ0n) is 10.3. The van der Waals surface area contributed by atoms with Gasteiger partial charge in [-0.05, 0) is 55.3 Å². The molecule has 0 saturated heterocycles. The molecule has 1 aromatic carbocycles. The second-order valence-electron chi connectivity index (χ2n) is 5.77. The summed E-state index contributed by atoms with van der Waals surface area (Å²) in [6.07, 6.45) is 5.18. The van der Waals surface area contributed by atoms with Crippen LogP contribution in [0.15, 0.2) is 18.2 Å². The molecule has 3 aliphatic rings. The monoisotopic (exact) mass is 229 g/mol. The lowest BCUT2D eigenvalue weighted by Gasteiger charge is -2.32. The first-order chi connectivity index (χ1) is 8.32. The lowest BCUT2D eigenvalue weighted by molar-refractivity contribution is 0.00142. The lowest BCUT2D eigenvalue weighted by atomic mass is 9.90. The van der Waals surface area contributed by atoms with Gasteiger partial charge >= 0.3 is 0 Å². The highest BCUT2D eigenvalue weighted by atomic mass is 16.5. The Balaban J connectivity index is 1.81. The standard InChI is InChI=1S/C15H19NO/c1-16-14-9-17-15(6-7-15)13-8-11(10-2-3-10)4-5-12(13)14/h4-5,8,10,14,16H,2-3,6-7,9H2,1H3/t14-/m1/s1. The number of fused-ring (bicyclic) bond motifs is 2. The molecule has 0 aromatic heterocycles. The summed E-state index contributed by atoms with van der Waals surface area (Å²) in [5.74, 6) is 0.839. The SMILES string of the molecule is CN[C@@H]1COC2(CC2)c2cc(C3CC3)ccc21. The van der Waals surface area contributed by atoms with E-state index in [1.807, 2.05) is 7.05 Å². The molecule has 1 aliphatic heterocycles. The third kappa shape index (κ3) is 1.47. The van der Waals surface area contributed by atoms with Gasteiger partial charge in [0, 0.05) is 0 Å². The molecule has 0 amide bonds. The predicted octanol–water partition coefficient (Wildman–Crippen LogP) is 2.84. The summed E-state index contributed by atoms with van der Waals surface area (Å²) >= 11 is 0. The van der Waals surface area contributed by atoms with E-state index in [0.29, 0.717) is 6.04 Å². The van der Waals surface area contributed by atoms with E-state index in [2.05, 4.69) is 23.5 Å². The van der Waals surface area contributed by atoms with Crippen LogP contribution in [0, 0.1) is 0 Å². The molecule has 2 aliphatic carbocycles. The van der Waals surface area contributed by atoms with Gasteiger partial charge in [0.05, 0.1) is 18.2 Å². The van der Waals surface area contributed by atoms with E-state index in [1.165, 1.54) is 42.4 Å². The molecular formula is C15H19NO. The molecular weight excluding hydrogens is 210 g/mol. The smallest absolute Gasteiger partial charge is 0.0938 e. The predicted molar refractivity (Wildman–Crippen MR) is 67.1 cm³/mol. The van der Waals surface area contributed by atoms with E-state index in [-0.39, 0.29) is 5.60 Å².